The van der Waals surface area contributed by atoms with Gasteiger partial charge in [-0.2, -0.15) is 0 Å². The molecule has 2 heteroatoms. The minimum atomic E-state index is 1.57. The average Bonchev–Trinajstić information content (AvgIpc) is 1.69. The highest BCUT2D eigenvalue weighted by Gasteiger charge is 1.53. The van der Waals surface area contributed by atoms with Crippen LogP contribution in [0.5, 0.6) is 0 Å². The van der Waals surface area contributed by atoms with E-state index in [2.05, 4.69) is 23.8 Å². The van der Waals surface area contributed by atoms with Crippen molar-refractivity contribution >= 4 is 19.0 Å². The maximum atomic E-state index is 3.58. The predicted molar refractivity (Wildman–Crippen MR) is 36.8 cm³/mol. The van der Waals surface area contributed by atoms with Crippen LogP contribution in [0.4, 0.5) is 0 Å². The monoisotopic (exact) mass is 113 g/mol. The van der Waals surface area contributed by atoms with Crippen molar-refractivity contribution < 1.29 is 0 Å². The molecule has 0 amide bonds. The van der Waals surface area contributed by atoms with Crippen LogP contribution in [0.3, 0.4) is 0 Å². The Morgan fingerprint density at radius 1 is 1.43 bits per heavy atom. The predicted octanol–water partition coefficient (Wildman–Crippen LogP) is 1.64. The summed E-state index contributed by atoms with van der Waals surface area (Å²) in [4.78, 5) is 0. The quantitative estimate of drug-likeness (QED) is 0.317. The highest BCUT2D eigenvalue weighted by molar-refractivity contribution is 7.78. The van der Waals surface area contributed by atoms with Gasteiger partial charge in [0.2, 0.25) is 0 Å². The topological polar surface area (TPSA) is 12.4 Å². The molecule has 0 fully saturated rings. The van der Waals surface area contributed by atoms with Gasteiger partial charge in [0.05, 0.1) is 0 Å². The number of rotatable bonds is 2. The second kappa shape index (κ2) is 5.50. The van der Waals surface area contributed by atoms with Crippen molar-refractivity contribution in [3.63, 3.8) is 0 Å². The smallest absolute Gasteiger partial charge is 0.0348 e. The van der Waals surface area contributed by atoms with E-state index in [0.29, 0.717) is 0 Å². The van der Waals surface area contributed by atoms with Gasteiger partial charge >= 0.3 is 0 Å². The lowest BCUT2D eigenvalue weighted by atomic mass is 10.5. The van der Waals surface area contributed by atoms with Crippen molar-refractivity contribution in [1.82, 2.24) is 0 Å². The van der Waals surface area contributed by atoms with E-state index in [0.717, 1.165) is 0 Å². The van der Waals surface area contributed by atoms with E-state index in [1.165, 1.54) is 0 Å². The Morgan fingerprint density at radius 3 is 2.57 bits per heavy atom. The van der Waals surface area contributed by atoms with Gasteiger partial charge in [-0.3, -0.25) is 0 Å². The van der Waals surface area contributed by atoms with E-state index < -0.39 is 0 Å². The molecule has 0 unspecified atom stereocenters. The Balaban J connectivity index is 3.27. The molecule has 38 valence electrons. The summed E-state index contributed by atoms with van der Waals surface area (Å²) in [7, 11) is 0. The Morgan fingerprint density at radius 2 is 2.14 bits per heavy atom. The van der Waals surface area contributed by atoms with Crippen LogP contribution in [0.1, 0.15) is 0 Å². The van der Waals surface area contributed by atoms with Crippen LogP contribution >= 0.6 is 12.8 Å². The van der Waals surface area contributed by atoms with Crippen LogP contribution in [0.15, 0.2) is 29.2 Å². The van der Waals surface area contributed by atoms with Crippen LogP contribution < -0.4 is 0 Å². The van der Waals surface area contributed by atoms with Crippen LogP contribution in [0, 0.1) is 0 Å². The molecule has 0 spiro atoms. The summed E-state index contributed by atoms with van der Waals surface area (Å²) >= 11 is 3.58. The molecule has 7 heavy (non-hydrogen) atoms. The summed E-state index contributed by atoms with van der Waals surface area (Å²) < 4.78 is 3.41. The zero-order chi connectivity index (χ0) is 5.54. The van der Waals surface area contributed by atoms with E-state index in [1.807, 2.05) is 0 Å². The largest absolute Gasteiger partial charge is 0.228 e. The first kappa shape index (κ1) is 6.50. The van der Waals surface area contributed by atoms with E-state index in [9.17, 15) is 0 Å². The lowest BCUT2D eigenvalue weighted by Crippen LogP contribution is -1.53. The number of hydrogen-bond donors (Lipinski definition) is 1. The van der Waals surface area contributed by atoms with Gasteiger partial charge in [0.15, 0.2) is 0 Å². The minimum absolute atomic E-state index is 1.57. The fourth-order valence-corrected chi connectivity index (χ4v) is 0.244. The third kappa shape index (κ3) is 5.50. The molecular weight excluding hydrogens is 106 g/mol. The van der Waals surface area contributed by atoms with Gasteiger partial charge in [-0.25, -0.2) is 4.40 Å². The first-order valence-corrected chi connectivity index (χ1v) is 2.27. The maximum Gasteiger partial charge on any atom is 0.0348 e. The molecule has 0 N–H and O–H groups in total. The molecule has 0 saturated heterocycles. The maximum absolute atomic E-state index is 3.58. The molecule has 1 nitrogen and oxygen atoms in total. The van der Waals surface area contributed by atoms with Gasteiger partial charge < -0.3 is 0 Å². The molecular formula is C5H7NS. The second-order valence-electron chi connectivity index (χ2n) is 0.885. The van der Waals surface area contributed by atoms with E-state index in [-0.39, 0.29) is 0 Å². The molecule has 0 aliphatic carbocycles. The molecule has 0 aliphatic heterocycles. The Hall–Kier alpha value is -0.500. The molecule has 0 aromatic rings. The zero-order valence-corrected chi connectivity index (χ0v) is 4.81. The van der Waals surface area contributed by atoms with Crippen molar-refractivity contribution in [1.29, 1.82) is 0 Å². The molecule has 0 aromatic heterocycles. The summed E-state index contributed by atoms with van der Waals surface area (Å²) in [6.07, 6.45) is 6.78. The average molecular weight is 113 g/mol. The van der Waals surface area contributed by atoms with Gasteiger partial charge in [0, 0.05) is 6.21 Å². The van der Waals surface area contributed by atoms with E-state index in [4.69, 9.17) is 0 Å². The summed E-state index contributed by atoms with van der Waals surface area (Å²) in [5.74, 6) is 0. The number of nitrogens with zero attached hydrogens (tertiary/aromatic N) is 1. The number of thiol groups is 1. The molecule has 0 atom stereocenters. The summed E-state index contributed by atoms with van der Waals surface area (Å²) in [6, 6.07) is 0. The Kier molecular flexibility index (Phi) is 5.11. The van der Waals surface area contributed by atoms with Crippen molar-refractivity contribution in [3.8, 4) is 0 Å². The van der Waals surface area contributed by atoms with Gasteiger partial charge in [-0.05, 0) is 18.9 Å². The van der Waals surface area contributed by atoms with Gasteiger partial charge in [-0.15, -0.1) is 0 Å². The van der Waals surface area contributed by atoms with Crippen LogP contribution in [-0.2, 0) is 0 Å². The summed E-state index contributed by atoms with van der Waals surface area (Å²) in [5, 5.41) is 0. The van der Waals surface area contributed by atoms with Gasteiger partial charge in [-0.1, -0.05) is 18.7 Å². The first-order valence-electron chi connectivity index (χ1n) is 1.87. The third-order valence-electron chi connectivity index (χ3n) is 0.400. The highest BCUT2D eigenvalue weighted by atomic mass is 32.1. The van der Waals surface area contributed by atoms with E-state index in [1.54, 1.807) is 24.4 Å². The van der Waals surface area contributed by atoms with Gasteiger partial charge in [0.25, 0.3) is 0 Å². The van der Waals surface area contributed by atoms with E-state index >= 15 is 0 Å². The van der Waals surface area contributed by atoms with Crippen LogP contribution in [-0.4, -0.2) is 6.21 Å². The normalized spacial score (nSPS) is 11.0. The lowest BCUT2D eigenvalue weighted by Gasteiger charge is -1.64. The summed E-state index contributed by atoms with van der Waals surface area (Å²) in [5.41, 5.74) is 0. The number of hydrogen-bond acceptors (Lipinski definition) is 2. The van der Waals surface area contributed by atoms with Crippen LogP contribution in [0.25, 0.3) is 0 Å². The second-order valence-corrected chi connectivity index (χ2v) is 1.12. The molecule has 0 saturated carbocycles. The molecule has 0 radical (unpaired) electrons. The molecule has 0 aromatic carbocycles. The zero-order valence-electron chi connectivity index (χ0n) is 3.91. The van der Waals surface area contributed by atoms with Crippen molar-refractivity contribution in [2.45, 2.75) is 0 Å². The van der Waals surface area contributed by atoms with Crippen molar-refractivity contribution in [2.75, 3.05) is 0 Å². The summed E-state index contributed by atoms with van der Waals surface area (Å²) in [6.45, 7) is 3.46. The fraction of sp³-hybridized carbons (Fsp3) is 0. The lowest BCUT2D eigenvalue weighted by molar-refractivity contribution is 1.98. The standard InChI is InChI=1S/C5H7NS/c1-2-3-4-5-6-7/h2-5,7H,1H2/b4-3-,6-5-. The third-order valence-corrected chi connectivity index (χ3v) is 0.533. The SMILES string of the molecule is C=C/C=C\C=N/S. The highest BCUT2D eigenvalue weighted by Crippen LogP contribution is 1.71. The Bertz CT molecular complexity index is 94.3. The van der Waals surface area contributed by atoms with Crippen molar-refractivity contribution in [3.05, 3.63) is 24.8 Å². The Labute approximate surface area is 49.0 Å². The fourth-order valence-electron chi connectivity index (χ4n) is 0.167. The molecule has 0 heterocycles. The minimum Gasteiger partial charge on any atom is -0.228 e. The van der Waals surface area contributed by atoms with Gasteiger partial charge in [0.1, 0.15) is 0 Å². The molecule has 0 rings (SSSR count). The molecule has 0 bridgehead atoms. The molecule has 0 aliphatic rings. The number of allylic oxidation sites excluding steroid dienone is 3. The van der Waals surface area contributed by atoms with Crippen LogP contribution in [0.2, 0.25) is 0 Å². The first-order chi connectivity index (χ1) is 3.41. The van der Waals surface area contributed by atoms with Crippen molar-refractivity contribution in [2.24, 2.45) is 4.40 Å².